The topological polar surface area (TPSA) is 21.3 Å². The second kappa shape index (κ2) is 4.90. The highest BCUT2D eigenvalue weighted by Gasteiger charge is 2.36. The van der Waals surface area contributed by atoms with Gasteiger partial charge >= 0.3 is 6.18 Å². The van der Waals surface area contributed by atoms with E-state index in [4.69, 9.17) is 4.74 Å². The van der Waals surface area contributed by atoms with Crippen molar-refractivity contribution < 1.29 is 17.9 Å². The van der Waals surface area contributed by atoms with Crippen LogP contribution >= 0.6 is 0 Å². The number of alkyl halides is 3. The van der Waals surface area contributed by atoms with Crippen LogP contribution in [-0.4, -0.2) is 20.2 Å². The summed E-state index contributed by atoms with van der Waals surface area (Å²) in [5, 5.41) is 3.19. The molecule has 1 aromatic rings. The van der Waals surface area contributed by atoms with Gasteiger partial charge in [-0.2, -0.15) is 13.2 Å². The third-order valence-corrected chi connectivity index (χ3v) is 3.52. The van der Waals surface area contributed by atoms with Crippen LogP contribution in [0.1, 0.15) is 24.0 Å². The van der Waals surface area contributed by atoms with Crippen molar-refractivity contribution >= 4 is 0 Å². The zero-order valence-electron chi connectivity index (χ0n) is 10.2. The molecule has 0 spiro atoms. The minimum absolute atomic E-state index is 0.591. The Kier molecular flexibility index (Phi) is 3.64. The van der Waals surface area contributed by atoms with Crippen molar-refractivity contribution in [3.63, 3.8) is 0 Å². The maximum Gasteiger partial charge on any atom is 0.416 e. The summed E-state index contributed by atoms with van der Waals surface area (Å²) in [5.74, 6) is 0. The number of rotatable bonds is 2. The van der Waals surface area contributed by atoms with Crippen molar-refractivity contribution in [2.75, 3.05) is 20.2 Å². The van der Waals surface area contributed by atoms with E-state index in [9.17, 15) is 13.2 Å². The molecule has 1 N–H and O–H groups in total. The van der Waals surface area contributed by atoms with Gasteiger partial charge in [-0.3, -0.25) is 0 Å². The normalized spacial score (nSPS) is 19.8. The first kappa shape index (κ1) is 13.4. The molecule has 0 saturated carbocycles. The summed E-state index contributed by atoms with van der Waals surface area (Å²) < 4.78 is 43.7. The zero-order chi connectivity index (χ0) is 13.2. The van der Waals surface area contributed by atoms with E-state index in [-0.39, 0.29) is 0 Å². The van der Waals surface area contributed by atoms with Crippen molar-refractivity contribution in [3.8, 4) is 0 Å². The minimum Gasteiger partial charge on any atom is -0.373 e. The molecule has 1 fully saturated rings. The molecule has 1 aromatic carbocycles. The lowest BCUT2D eigenvalue weighted by Crippen LogP contribution is -2.41. The summed E-state index contributed by atoms with van der Waals surface area (Å²) in [7, 11) is 1.56. The average molecular weight is 259 g/mol. The lowest BCUT2D eigenvalue weighted by atomic mass is 9.84. The van der Waals surface area contributed by atoms with Crippen LogP contribution in [0.3, 0.4) is 0 Å². The van der Waals surface area contributed by atoms with Crippen LogP contribution in [0.4, 0.5) is 13.2 Å². The van der Waals surface area contributed by atoms with E-state index in [0.29, 0.717) is 18.4 Å². The fourth-order valence-electron chi connectivity index (χ4n) is 2.42. The van der Waals surface area contributed by atoms with Crippen LogP contribution in [-0.2, 0) is 16.5 Å². The molecule has 0 unspecified atom stereocenters. The second-order valence-electron chi connectivity index (χ2n) is 4.53. The fraction of sp³-hybridized carbons (Fsp3) is 0.538. The van der Waals surface area contributed by atoms with Crippen molar-refractivity contribution in [2.45, 2.75) is 24.6 Å². The quantitative estimate of drug-likeness (QED) is 0.881. The second-order valence-corrected chi connectivity index (χ2v) is 4.53. The summed E-state index contributed by atoms with van der Waals surface area (Å²) in [6, 6.07) is 5.45. The molecule has 2 nitrogen and oxygen atoms in total. The van der Waals surface area contributed by atoms with Crippen LogP contribution < -0.4 is 5.32 Å². The van der Waals surface area contributed by atoms with Crippen LogP contribution in [0.15, 0.2) is 24.3 Å². The van der Waals surface area contributed by atoms with Gasteiger partial charge in [0.1, 0.15) is 0 Å². The summed E-state index contributed by atoms with van der Waals surface area (Å²) in [6.45, 7) is 1.51. The number of ether oxygens (including phenoxy) is 1. The zero-order valence-corrected chi connectivity index (χ0v) is 10.2. The van der Waals surface area contributed by atoms with Gasteiger partial charge in [-0.25, -0.2) is 0 Å². The van der Waals surface area contributed by atoms with Gasteiger partial charge in [0.05, 0.1) is 11.2 Å². The van der Waals surface area contributed by atoms with Crippen molar-refractivity contribution in [1.82, 2.24) is 5.32 Å². The Morgan fingerprint density at radius 1 is 1.22 bits per heavy atom. The first-order chi connectivity index (χ1) is 8.48. The van der Waals surface area contributed by atoms with Gasteiger partial charge in [0.15, 0.2) is 0 Å². The van der Waals surface area contributed by atoms with E-state index in [2.05, 4.69) is 5.32 Å². The van der Waals surface area contributed by atoms with Gasteiger partial charge in [0.2, 0.25) is 0 Å². The lowest BCUT2D eigenvalue weighted by molar-refractivity contribution is -0.137. The molecule has 1 aliphatic heterocycles. The first-order valence-electron chi connectivity index (χ1n) is 5.91. The monoisotopic (exact) mass is 259 g/mol. The van der Waals surface area contributed by atoms with Gasteiger partial charge in [0.25, 0.3) is 0 Å². The Hall–Kier alpha value is -1.07. The Balaban J connectivity index is 2.37. The van der Waals surface area contributed by atoms with Crippen LogP contribution in [0.5, 0.6) is 0 Å². The molecule has 0 radical (unpaired) electrons. The van der Waals surface area contributed by atoms with Gasteiger partial charge in [0, 0.05) is 7.11 Å². The average Bonchev–Trinajstić information content (AvgIpc) is 2.39. The number of halogens is 3. The number of piperidine rings is 1. The number of nitrogens with one attached hydrogen (secondary N) is 1. The van der Waals surface area contributed by atoms with E-state index in [0.717, 1.165) is 19.2 Å². The molecule has 0 aromatic heterocycles. The SMILES string of the molecule is COC1(c2cccc(C(F)(F)F)c2)CCNCC1. The molecule has 18 heavy (non-hydrogen) atoms. The van der Waals surface area contributed by atoms with Crippen molar-refractivity contribution in [2.24, 2.45) is 0 Å². The number of benzene rings is 1. The summed E-state index contributed by atoms with van der Waals surface area (Å²) in [4.78, 5) is 0. The van der Waals surface area contributed by atoms with Crippen LogP contribution in [0.25, 0.3) is 0 Å². The maximum atomic E-state index is 12.7. The molecule has 0 aliphatic carbocycles. The molecular weight excluding hydrogens is 243 g/mol. The number of methoxy groups -OCH3 is 1. The molecule has 1 saturated heterocycles. The van der Waals surface area contributed by atoms with E-state index in [1.54, 1.807) is 13.2 Å². The van der Waals surface area contributed by atoms with E-state index in [1.807, 2.05) is 0 Å². The molecule has 0 bridgehead atoms. The molecule has 100 valence electrons. The smallest absolute Gasteiger partial charge is 0.373 e. The highest BCUT2D eigenvalue weighted by molar-refractivity contribution is 5.30. The predicted octanol–water partition coefficient (Wildman–Crippen LogP) is 2.93. The molecule has 2 rings (SSSR count). The molecule has 0 amide bonds. The third kappa shape index (κ3) is 2.52. The van der Waals surface area contributed by atoms with Crippen molar-refractivity contribution in [1.29, 1.82) is 0 Å². The molecule has 5 heteroatoms. The Labute approximate surface area is 104 Å². The number of hydrogen-bond donors (Lipinski definition) is 1. The van der Waals surface area contributed by atoms with Gasteiger partial charge < -0.3 is 10.1 Å². The van der Waals surface area contributed by atoms with Crippen LogP contribution in [0.2, 0.25) is 0 Å². The first-order valence-corrected chi connectivity index (χ1v) is 5.91. The number of hydrogen-bond acceptors (Lipinski definition) is 2. The van der Waals surface area contributed by atoms with Gasteiger partial charge in [-0.15, -0.1) is 0 Å². The third-order valence-electron chi connectivity index (χ3n) is 3.52. The molecule has 0 atom stereocenters. The Morgan fingerprint density at radius 2 is 1.89 bits per heavy atom. The maximum absolute atomic E-state index is 12.7. The summed E-state index contributed by atoms with van der Waals surface area (Å²) in [6.07, 6.45) is -2.94. The van der Waals surface area contributed by atoms with E-state index < -0.39 is 17.3 Å². The fourth-order valence-corrected chi connectivity index (χ4v) is 2.42. The van der Waals surface area contributed by atoms with Crippen LogP contribution in [0, 0.1) is 0 Å². The molecular formula is C13H16F3NO. The van der Waals surface area contributed by atoms with Gasteiger partial charge in [-0.1, -0.05) is 12.1 Å². The van der Waals surface area contributed by atoms with E-state index in [1.165, 1.54) is 12.1 Å². The van der Waals surface area contributed by atoms with Gasteiger partial charge in [-0.05, 0) is 43.6 Å². The molecule has 1 aliphatic rings. The Bertz CT molecular complexity index is 411. The van der Waals surface area contributed by atoms with Crippen molar-refractivity contribution in [3.05, 3.63) is 35.4 Å². The van der Waals surface area contributed by atoms with E-state index >= 15 is 0 Å². The highest BCUT2D eigenvalue weighted by atomic mass is 19.4. The predicted molar refractivity (Wildman–Crippen MR) is 62.2 cm³/mol. The molecule has 1 heterocycles. The summed E-state index contributed by atoms with van der Waals surface area (Å²) in [5.41, 5.74) is -0.594. The minimum atomic E-state index is -4.31. The standard InChI is InChI=1S/C13H16F3NO/c1-18-12(5-7-17-8-6-12)10-3-2-4-11(9-10)13(14,15)16/h2-4,9,17H,5-8H2,1H3. The Morgan fingerprint density at radius 3 is 2.44 bits per heavy atom. The largest absolute Gasteiger partial charge is 0.416 e. The lowest BCUT2D eigenvalue weighted by Gasteiger charge is -2.37. The highest BCUT2D eigenvalue weighted by Crippen LogP contribution is 2.37. The summed E-state index contributed by atoms with van der Waals surface area (Å²) >= 11 is 0.